The summed E-state index contributed by atoms with van der Waals surface area (Å²) in [4.78, 5) is 32.0. The number of aromatic amines is 1. The molecule has 2 aliphatic heterocycles. The number of hydrogen-bond acceptors (Lipinski definition) is 5. The van der Waals surface area contributed by atoms with Crippen molar-refractivity contribution in [2.45, 2.75) is 19.5 Å². The molecular formula is C19H26N4O4. The molecule has 0 radical (unpaired) electrons. The van der Waals surface area contributed by atoms with Gasteiger partial charge in [-0.2, -0.15) is 0 Å². The Balaban J connectivity index is 1.43. The van der Waals surface area contributed by atoms with Gasteiger partial charge in [-0.25, -0.2) is 4.79 Å². The number of morpholine rings is 1. The second-order valence-corrected chi connectivity index (χ2v) is 7.02. The summed E-state index contributed by atoms with van der Waals surface area (Å²) in [6.45, 7) is 8.46. The van der Waals surface area contributed by atoms with Gasteiger partial charge in [0.2, 0.25) is 0 Å². The summed E-state index contributed by atoms with van der Waals surface area (Å²) in [7, 11) is 0. The number of carbonyl (C=O) groups is 1. The summed E-state index contributed by atoms with van der Waals surface area (Å²) in [6.07, 6.45) is 0. The van der Waals surface area contributed by atoms with Gasteiger partial charge in [0, 0.05) is 44.4 Å². The average Bonchev–Trinajstić information content (AvgIpc) is 2.96. The highest BCUT2D eigenvalue weighted by atomic mass is 16.5. The smallest absolute Gasteiger partial charge is 0.326 e. The van der Waals surface area contributed by atoms with Crippen LogP contribution in [0, 0.1) is 0 Å². The minimum absolute atomic E-state index is 0.0179. The van der Waals surface area contributed by atoms with Gasteiger partial charge < -0.3 is 19.4 Å². The van der Waals surface area contributed by atoms with Crippen LogP contribution in [-0.2, 0) is 16.0 Å². The number of rotatable bonds is 6. The average molecular weight is 374 g/mol. The number of nitrogens with one attached hydrogen (secondary N) is 1. The first-order chi connectivity index (χ1) is 13.2. The molecule has 8 heteroatoms. The van der Waals surface area contributed by atoms with Crippen molar-refractivity contribution in [2.24, 2.45) is 0 Å². The number of hydrogen-bond donors (Lipinski definition) is 1. The maximum absolute atomic E-state index is 12.8. The number of likely N-dealkylation sites (tertiary alicyclic amines) is 1. The second kappa shape index (κ2) is 7.84. The largest absolute Gasteiger partial charge is 0.380 e. The lowest BCUT2D eigenvalue weighted by Crippen LogP contribution is -2.62. The van der Waals surface area contributed by atoms with Crippen molar-refractivity contribution in [3.63, 3.8) is 0 Å². The topological polar surface area (TPSA) is 79.8 Å². The molecule has 1 aromatic heterocycles. The summed E-state index contributed by atoms with van der Waals surface area (Å²) >= 11 is 0. The van der Waals surface area contributed by atoms with Crippen LogP contribution in [-0.4, -0.2) is 83.9 Å². The van der Waals surface area contributed by atoms with Crippen molar-refractivity contribution in [1.29, 1.82) is 0 Å². The van der Waals surface area contributed by atoms with E-state index >= 15 is 0 Å². The number of ether oxygens (including phenoxy) is 2. The highest BCUT2D eigenvalue weighted by Crippen LogP contribution is 2.21. The van der Waals surface area contributed by atoms with Gasteiger partial charge in [0.1, 0.15) is 0 Å². The highest BCUT2D eigenvalue weighted by Gasteiger charge is 2.35. The Hall–Kier alpha value is -2.16. The van der Waals surface area contributed by atoms with E-state index in [-0.39, 0.29) is 11.6 Å². The van der Waals surface area contributed by atoms with Gasteiger partial charge in [0.25, 0.3) is 5.91 Å². The minimum atomic E-state index is -0.175. The van der Waals surface area contributed by atoms with Crippen LogP contribution >= 0.6 is 0 Å². The molecule has 0 atom stereocenters. The highest BCUT2D eigenvalue weighted by molar-refractivity contribution is 5.97. The number of H-pyrrole nitrogens is 1. The standard InChI is InChI=1S/C19H26N4O4/c1-2-26-10-7-23-17-4-3-14(11-16(17)20-19(23)25)18(24)22-12-15(13-22)21-5-8-27-9-6-21/h3-4,11,15H,2,5-10,12-13H2,1H3,(H,20,25). The first-order valence-electron chi connectivity index (χ1n) is 9.58. The Morgan fingerprint density at radius 1 is 1.30 bits per heavy atom. The maximum Gasteiger partial charge on any atom is 0.326 e. The lowest BCUT2D eigenvalue weighted by molar-refractivity contribution is -0.0256. The van der Waals surface area contributed by atoms with Gasteiger partial charge in [-0.1, -0.05) is 0 Å². The summed E-state index contributed by atoms with van der Waals surface area (Å²) in [5.41, 5.74) is 1.92. The lowest BCUT2D eigenvalue weighted by atomic mass is 10.0. The van der Waals surface area contributed by atoms with E-state index in [0.717, 1.165) is 44.9 Å². The van der Waals surface area contributed by atoms with Crippen LogP contribution in [0.5, 0.6) is 0 Å². The third-order valence-electron chi connectivity index (χ3n) is 5.40. The van der Waals surface area contributed by atoms with Crippen LogP contribution in [0.4, 0.5) is 0 Å². The van der Waals surface area contributed by atoms with Crippen molar-refractivity contribution in [1.82, 2.24) is 19.4 Å². The molecule has 2 saturated heterocycles. The van der Waals surface area contributed by atoms with Crippen LogP contribution in [0.3, 0.4) is 0 Å². The van der Waals surface area contributed by atoms with Gasteiger partial charge in [0.15, 0.2) is 0 Å². The van der Waals surface area contributed by atoms with E-state index in [1.807, 2.05) is 17.9 Å². The fourth-order valence-electron chi connectivity index (χ4n) is 3.80. The van der Waals surface area contributed by atoms with Crippen LogP contribution in [0.15, 0.2) is 23.0 Å². The van der Waals surface area contributed by atoms with Crippen molar-refractivity contribution in [2.75, 3.05) is 52.6 Å². The van der Waals surface area contributed by atoms with Gasteiger partial charge >= 0.3 is 5.69 Å². The van der Waals surface area contributed by atoms with Gasteiger partial charge in [-0.05, 0) is 25.1 Å². The van der Waals surface area contributed by atoms with Crippen molar-refractivity contribution >= 4 is 16.9 Å². The van der Waals surface area contributed by atoms with Crippen LogP contribution in [0.2, 0.25) is 0 Å². The molecular weight excluding hydrogens is 348 g/mol. The molecule has 1 amide bonds. The lowest BCUT2D eigenvalue weighted by Gasteiger charge is -2.46. The van der Waals surface area contributed by atoms with Gasteiger partial charge in [-0.3, -0.25) is 14.3 Å². The first kappa shape index (κ1) is 18.2. The Morgan fingerprint density at radius 3 is 2.81 bits per heavy atom. The molecule has 0 saturated carbocycles. The van der Waals surface area contributed by atoms with Gasteiger partial charge in [0.05, 0.1) is 37.4 Å². The quantitative estimate of drug-likeness (QED) is 0.746. The normalized spacial score (nSPS) is 18.8. The predicted octanol–water partition coefficient (Wildman–Crippen LogP) is 0.523. The van der Waals surface area contributed by atoms with Gasteiger partial charge in [-0.15, -0.1) is 0 Å². The minimum Gasteiger partial charge on any atom is -0.380 e. The number of carbonyl (C=O) groups excluding carboxylic acids is 1. The summed E-state index contributed by atoms with van der Waals surface area (Å²) in [5.74, 6) is 0.0179. The zero-order valence-corrected chi connectivity index (χ0v) is 15.6. The zero-order chi connectivity index (χ0) is 18.8. The number of imidazole rings is 1. The van der Waals surface area contributed by atoms with E-state index in [9.17, 15) is 9.59 Å². The van der Waals surface area contributed by atoms with E-state index in [4.69, 9.17) is 9.47 Å². The second-order valence-electron chi connectivity index (χ2n) is 7.02. The third kappa shape index (κ3) is 3.65. The number of amides is 1. The monoisotopic (exact) mass is 374 g/mol. The predicted molar refractivity (Wildman–Crippen MR) is 101 cm³/mol. The van der Waals surface area contributed by atoms with E-state index in [0.29, 0.717) is 36.9 Å². The Morgan fingerprint density at radius 2 is 2.07 bits per heavy atom. The molecule has 146 valence electrons. The summed E-state index contributed by atoms with van der Waals surface area (Å²) in [5, 5.41) is 0. The molecule has 0 spiro atoms. The third-order valence-corrected chi connectivity index (χ3v) is 5.40. The molecule has 27 heavy (non-hydrogen) atoms. The number of nitrogens with zero attached hydrogens (tertiary/aromatic N) is 3. The van der Waals surface area contributed by atoms with Crippen LogP contribution < -0.4 is 5.69 Å². The van der Waals surface area contributed by atoms with E-state index in [2.05, 4.69) is 9.88 Å². The van der Waals surface area contributed by atoms with E-state index < -0.39 is 0 Å². The van der Waals surface area contributed by atoms with Crippen molar-refractivity contribution in [3.05, 3.63) is 34.2 Å². The molecule has 0 aliphatic carbocycles. The number of aromatic nitrogens is 2. The molecule has 0 unspecified atom stereocenters. The molecule has 3 heterocycles. The molecule has 1 N–H and O–H groups in total. The number of fused-ring (bicyclic) bond motifs is 1. The van der Waals surface area contributed by atoms with Crippen LogP contribution in [0.25, 0.3) is 11.0 Å². The maximum atomic E-state index is 12.8. The molecule has 8 nitrogen and oxygen atoms in total. The first-order valence-corrected chi connectivity index (χ1v) is 9.58. The SMILES string of the molecule is CCOCCn1c(=O)[nH]c2cc(C(=O)N3CC(N4CCOCC4)C3)ccc21. The zero-order valence-electron chi connectivity index (χ0n) is 15.6. The molecule has 2 aliphatic rings. The van der Waals surface area contributed by atoms with E-state index in [1.54, 1.807) is 16.7 Å². The number of benzene rings is 1. The molecule has 0 bridgehead atoms. The fourth-order valence-corrected chi connectivity index (χ4v) is 3.80. The Labute approximate surface area is 157 Å². The molecule has 1 aromatic carbocycles. The summed E-state index contributed by atoms with van der Waals surface area (Å²) < 4.78 is 12.4. The molecule has 2 fully saturated rings. The molecule has 4 rings (SSSR count). The van der Waals surface area contributed by atoms with Crippen molar-refractivity contribution < 1.29 is 14.3 Å². The molecule has 2 aromatic rings. The Bertz CT molecular complexity index is 862. The van der Waals surface area contributed by atoms with Crippen molar-refractivity contribution in [3.8, 4) is 0 Å². The fraction of sp³-hybridized carbons (Fsp3) is 0.579. The summed E-state index contributed by atoms with van der Waals surface area (Å²) in [6, 6.07) is 5.85. The van der Waals surface area contributed by atoms with E-state index in [1.165, 1.54) is 0 Å². The van der Waals surface area contributed by atoms with Crippen LogP contribution in [0.1, 0.15) is 17.3 Å². The Kier molecular flexibility index (Phi) is 5.29.